The molecule has 0 fully saturated rings. The van der Waals surface area contributed by atoms with Crippen molar-refractivity contribution < 1.29 is 8.42 Å². The number of nitrogens with zero attached hydrogens (tertiary/aromatic N) is 1. The van der Waals surface area contributed by atoms with E-state index in [2.05, 4.69) is 41.8 Å². The Morgan fingerprint density at radius 1 is 1.08 bits per heavy atom. The first-order valence-corrected chi connectivity index (χ1v) is 9.34. The van der Waals surface area contributed by atoms with E-state index in [4.69, 9.17) is 0 Å². The fourth-order valence-corrected chi connectivity index (χ4v) is 4.11. The molecule has 3 rings (SSSR count). The zero-order chi connectivity index (χ0) is 17.2. The number of aryl methyl sites for hydroxylation is 2. The summed E-state index contributed by atoms with van der Waals surface area (Å²) in [6, 6.07) is 13.2. The molecule has 5 heteroatoms. The van der Waals surface area contributed by atoms with Gasteiger partial charge in [-0.15, -0.1) is 0 Å². The molecule has 0 radical (unpaired) electrons. The van der Waals surface area contributed by atoms with E-state index in [1.165, 1.54) is 11.1 Å². The molecule has 0 aliphatic rings. The summed E-state index contributed by atoms with van der Waals surface area (Å²) in [5.74, 6) is 0. The molecule has 24 heavy (non-hydrogen) atoms. The minimum absolute atomic E-state index is 0.294. The van der Waals surface area contributed by atoms with Gasteiger partial charge in [-0.05, 0) is 43.5 Å². The molecular formula is C19H20N2O2S. The highest BCUT2D eigenvalue weighted by molar-refractivity contribution is 7.89. The van der Waals surface area contributed by atoms with E-state index in [-0.39, 0.29) is 0 Å². The molecular weight excluding hydrogens is 320 g/mol. The third-order valence-electron chi connectivity index (χ3n) is 4.11. The molecule has 0 amide bonds. The van der Waals surface area contributed by atoms with Crippen LogP contribution in [0, 0.1) is 13.8 Å². The van der Waals surface area contributed by atoms with Crippen molar-refractivity contribution in [2.24, 2.45) is 0 Å². The Labute approximate surface area is 142 Å². The van der Waals surface area contributed by atoms with Gasteiger partial charge in [0.25, 0.3) is 0 Å². The van der Waals surface area contributed by atoms with Gasteiger partial charge in [-0.25, -0.2) is 13.1 Å². The molecule has 1 aromatic heterocycles. The fraction of sp³-hybridized carbons (Fsp3) is 0.211. The van der Waals surface area contributed by atoms with Gasteiger partial charge in [0.05, 0.1) is 4.90 Å². The number of aromatic nitrogens is 1. The average Bonchev–Trinajstić information content (AvgIpc) is 2.56. The molecule has 0 saturated heterocycles. The Hall–Kier alpha value is -2.24. The molecule has 0 unspecified atom stereocenters. The van der Waals surface area contributed by atoms with Crippen LogP contribution in [-0.4, -0.2) is 19.9 Å². The number of sulfonamides is 1. The first kappa shape index (κ1) is 16.6. The molecule has 0 aliphatic heterocycles. The summed E-state index contributed by atoms with van der Waals surface area (Å²) in [5.41, 5.74) is 3.55. The monoisotopic (exact) mass is 340 g/mol. The van der Waals surface area contributed by atoms with Gasteiger partial charge >= 0.3 is 0 Å². The van der Waals surface area contributed by atoms with Gasteiger partial charge in [0.1, 0.15) is 0 Å². The zero-order valence-electron chi connectivity index (χ0n) is 13.8. The molecule has 0 atom stereocenters. The van der Waals surface area contributed by atoms with E-state index in [1.807, 2.05) is 6.07 Å². The molecule has 1 N–H and O–H groups in total. The number of hydrogen-bond acceptors (Lipinski definition) is 3. The smallest absolute Gasteiger partial charge is 0.241 e. The van der Waals surface area contributed by atoms with Crippen LogP contribution in [0.3, 0.4) is 0 Å². The Morgan fingerprint density at radius 3 is 2.71 bits per heavy atom. The maximum Gasteiger partial charge on any atom is 0.241 e. The average molecular weight is 340 g/mol. The van der Waals surface area contributed by atoms with Crippen LogP contribution < -0.4 is 4.72 Å². The quantitative estimate of drug-likeness (QED) is 0.775. The van der Waals surface area contributed by atoms with Crippen molar-refractivity contribution in [1.29, 1.82) is 0 Å². The van der Waals surface area contributed by atoms with Crippen LogP contribution in [0.5, 0.6) is 0 Å². The van der Waals surface area contributed by atoms with Crippen molar-refractivity contribution in [2.75, 3.05) is 6.54 Å². The number of hydrogen-bond donors (Lipinski definition) is 1. The van der Waals surface area contributed by atoms with Gasteiger partial charge in [0.15, 0.2) is 0 Å². The molecule has 3 aromatic rings. The van der Waals surface area contributed by atoms with Gasteiger partial charge in [0, 0.05) is 29.7 Å². The van der Waals surface area contributed by atoms with E-state index in [0.29, 0.717) is 23.2 Å². The zero-order valence-corrected chi connectivity index (χ0v) is 14.6. The fourth-order valence-electron chi connectivity index (χ4n) is 2.85. The SMILES string of the molecule is Cc1ccc(CCNS(=O)(=O)c2cccc3cnccc23)c(C)c1. The van der Waals surface area contributed by atoms with Crippen LogP contribution in [0.15, 0.2) is 59.8 Å². The van der Waals surface area contributed by atoms with Crippen LogP contribution in [0.4, 0.5) is 0 Å². The molecule has 4 nitrogen and oxygen atoms in total. The first-order chi connectivity index (χ1) is 11.5. The van der Waals surface area contributed by atoms with Gasteiger partial charge < -0.3 is 0 Å². The van der Waals surface area contributed by atoms with Gasteiger partial charge in [-0.1, -0.05) is 35.9 Å². The van der Waals surface area contributed by atoms with Crippen molar-refractivity contribution >= 4 is 20.8 Å². The minimum atomic E-state index is -3.56. The summed E-state index contributed by atoms with van der Waals surface area (Å²) in [6.07, 6.45) is 3.94. The van der Waals surface area contributed by atoms with Crippen molar-refractivity contribution in [3.63, 3.8) is 0 Å². The summed E-state index contributed by atoms with van der Waals surface area (Å²) in [6.45, 7) is 4.47. The number of pyridine rings is 1. The van der Waals surface area contributed by atoms with Crippen molar-refractivity contribution in [2.45, 2.75) is 25.2 Å². The number of rotatable bonds is 5. The molecule has 2 aromatic carbocycles. The van der Waals surface area contributed by atoms with Crippen molar-refractivity contribution in [3.05, 3.63) is 71.5 Å². The third kappa shape index (κ3) is 3.47. The molecule has 124 valence electrons. The van der Waals surface area contributed by atoms with Gasteiger partial charge in [-0.3, -0.25) is 4.98 Å². The van der Waals surface area contributed by atoms with E-state index < -0.39 is 10.0 Å². The Balaban J connectivity index is 1.78. The van der Waals surface area contributed by atoms with Crippen LogP contribution in [0.25, 0.3) is 10.8 Å². The second kappa shape index (κ2) is 6.71. The summed E-state index contributed by atoms with van der Waals surface area (Å²) in [4.78, 5) is 4.33. The molecule has 0 saturated carbocycles. The lowest BCUT2D eigenvalue weighted by Crippen LogP contribution is -2.26. The van der Waals surface area contributed by atoms with E-state index >= 15 is 0 Å². The Kier molecular flexibility index (Phi) is 4.64. The highest BCUT2D eigenvalue weighted by Crippen LogP contribution is 2.21. The summed E-state index contributed by atoms with van der Waals surface area (Å²) >= 11 is 0. The Morgan fingerprint density at radius 2 is 1.92 bits per heavy atom. The van der Waals surface area contributed by atoms with Gasteiger partial charge in [-0.2, -0.15) is 0 Å². The normalized spacial score (nSPS) is 11.8. The summed E-state index contributed by atoms with van der Waals surface area (Å²) in [7, 11) is -3.56. The Bertz CT molecular complexity index is 976. The highest BCUT2D eigenvalue weighted by atomic mass is 32.2. The lowest BCUT2D eigenvalue weighted by molar-refractivity contribution is 0.582. The second-order valence-electron chi connectivity index (χ2n) is 5.93. The van der Waals surface area contributed by atoms with E-state index in [1.54, 1.807) is 30.6 Å². The number of benzene rings is 2. The van der Waals surface area contributed by atoms with Crippen LogP contribution in [-0.2, 0) is 16.4 Å². The van der Waals surface area contributed by atoms with Crippen LogP contribution in [0.2, 0.25) is 0 Å². The molecule has 0 bridgehead atoms. The first-order valence-electron chi connectivity index (χ1n) is 7.86. The molecule has 0 spiro atoms. The maximum absolute atomic E-state index is 12.6. The van der Waals surface area contributed by atoms with E-state index in [0.717, 1.165) is 10.9 Å². The topological polar surface area (TPSA) is 59.1 Å². The van der Waals surface area contributed by atoms with Crippen LogP contribution in [0.1, 0.15) is 16.7 Å². The predicted octanol–water partition coefficient (Wildman–Crippen LogP) is 3.37. The lowest BCUT2D eigenvalue weighted by atomic mass is 10.0. The van der Waals surface area contributed by atoms with Crippen molar-refractivity contribution in [3.8, 4) is 0 Å². The summed E-state index contributed by atoms with van der Waals surface area (Å²) in [5, 5.41) is 1.50. The summed E-state index contributed by atoms with van der Waals surface area (Å²) < 4.78 is 28.0. The second-order valence-corrected chi connectivity index (χ2v) is 7.67. The molecule has 1 heterocycles. The van der Waals surface area contributed by atoms with Gasteiger partial charge in [0.2, 0.25) is 10.0 Å². The van der Waals surface area contributed by atoms with Crippen molar-refractivity contribution in [1.82, 2.24) is 9.71 Å². The third-order valence-corrected chi connectivity index (χ3v) is 5.63. The van der Waals surface area contributed by atoms with E-state index in [9.17, 15) is 8.42 Å². The minimum Gasteiger partial charge on any atom is -0.264 e. The maximum atomic E-state index is 12.6. The van der Waals surface area contributed by atoms with Crippen LogP contribution >= 0.6 is 0 Å². The standard InChI is InChI=1S/C19H20N2O2S/c1-14-6-7-16(15(2)12-14)8-11-21-24(22,23)19-5-3-4-17-13-20-10-9-18(17)19/h3-7,9-10,12-13,21H,8,11H2,1-2H3. The largest absolute Gasteiger partial charge is 0.264 e. The molecule has 0 aliphatic carbocycles. The predicted molar refractivity (Wildman–Crippen MR) is 96.6 cm³/mol. The number of nitrogens with one attached hydrogen (secondary N) is 1. The lowest BCUT2D eigenvalue weighted by Gasteiger charge is -2.11. The highest BCUT2D eigenvalue weighted by Gasteiger charge is 2.16. The number of fused-ring (bicyclic) bond motifs is 1.